The molecule has 0 atom stereocenters. The van der Waals surface area contributed by atoms with Crippen LogP contribution in [0, 0.1) is 3.57 Å². The zero-order chi connectivity index (χ0) is 15.5. The number of carbonyl (C=O) groups excluding carboxylic acids is 1. The van der Waals surface area contributed by atoms with Crippen LogP contribution in [0.5, 0.6) is 0 Å². The number of carbonyl (C=O) groups is 1. The second-order valence-electron chi connectivity index (χ2n) is 6.27. The summed E-state index contributed by atoms with van der Waals surface area (Å²) >= 11 is 3.69. The van der Waals surface area contributed by atoms with Crippen LogP contribution in [0.15, 0.2) is 35.7 Å². The number of benzene rings is 1. The van der Waals surface area contributed by atoms with Gasteiger partial charge in [-0.3, -0.25) is 4.79 Å². The summed E-state index contributed by atoms with van der Waals surface area (Å²) in [7, 11) is -1.08. The molecule has 0 saturated carbocycles. The maximum Gasteiger partial charge on any atom is 0.266 e. The molecule has 21 heavy (non-hydrogen) atoms. The smallest absolute Gasteiger partial charge is 0.266 e. The molecule has 0 bridgehead atoms. The van der Waals surface area contributed by atoms with Crippen molar-refractivity contribution in [2.24, 2.45) is 0 Å². The predicted molar refractivity (Wildman–Crippen MR) is 103 cm³/mol. The molecule has 0 aliphatic carbocycles. The third kappa shape index (κ3) is 4.93. The first-order valence-electron chi connectivity index (χ1n) is 6.99. The van der Waals surface area contributed by atoms with Gasteiger partial charge in [0.05, 0.1) is 0 Å². The summed E-state index contributed by atoms with van der Waals surface area (Å²) in [6.45, 7) is 7.13. The second-order valence-corrected chi connectivity index (χ2v) is 14.0. The maximum absolute atomic E-state index is 12.4. The number of hydrogen-bond acceptors (Lipinski definition) is 2. The molecule has 2 aromatic rings. The highest BCUT2D eigenvalue weighted by molar-refractivity contribution is 14.1. The van der Waals surface area contributed by atoms with Gasteiger partial charge in [0, 0.05) is 17.3 Å². The largest absolute Gasteiger partial charge is 0.321 e. The Labute approximate surface area is 145 Å². The summed E-state index contributed by atoms with van der Waals surface area (Å²) in [6.07, 6.45) is 1.04. The Balaban J connectivity index is 2.13. The van der Waals surface area contributed by atoms with E-state index in [4.69, 9.17) is 0 Å². The monoisotopic (exact) mass is 429 g/mol. The van der Waals surface area contributed by atoms with E-state index in [1.807, 2.05) is 29.6 Å². The lowest BCUT2D eigenvalue weighted by atomic mass is 10.1. The molecule has 0 aliphatic rings. The Morgan fingerprint density at radius 1 is 1.24 bits per heavy atom. The molecule has 0 fully saturated rings. The van der Waals surface area contributed by atoms with Gasteiger partial charge in [0.1, 0.15) is 4.88 Å². The van der Waals surface area contributed by atoms with E-state index >= 15 is 0 Å². The summed E-state index contributed by atoms with van der Waals surface area (Å²) in [4.78, 5) is 13.1. The minimum absolute atomic E-state index is 0.00477. The molecule has 5 heteroatoms. The van der Waals surface area contributed by atoms with Gasteiger partial charge in [-0.05, 0) is 52.1 Å². The molecule has 0 saturated heterocycles. The Morgan fingerprint density at radius 2 is 1.95 bits per heavy atom. The summed E-state index contributed by atoms with van der Waals surface area (Å²) in [5.41, 5.74) is 2.18. The summed E-state index contributed by atoms with van der Waals surface area (Å²) in [5, 5.41) is 5.02. The first kappa shape index (κ1) is 16.7. The number of hydrogen-bond donors (Lipinski definition) is 1. The maximum atomic E-state index is 12.4. The van der Waals surface area contributed by atoms with Crippen molar-refractivity contribution in [3.05, 3.63) is 49.7 Å². The number of nitrogens with one attached hydrogen (secondary N) is 1. The Bertz CT molecular complexity index is 633. The van der Waals surface area contributed by atoms with E-state index in [9.17, 15) is 4.79 Å². The molecule has 2 rings (SSSR count). The Kier molecular flexibility index (Phi) is 5.62. The van der Waals surface area contributed by atoms with Crippen molar-refractivity contribution in [2.75, 3.05) is 5.32 Å². The van der Waals surface area contributed by atoms with Gasteiger partial charge in [0.2, 0.25) is 0 Å². The molecule has 112 valence electrons. The van der Waals surface area contributed by atoms with Crippen molar-refractivity contribution >= 4 is 53.6 Å². The molecule has 0 radical (unpaired) electrons. The van der Waals surface area contributed by atoms with Gasteiger partial charge in [0.15, 0.2) is 0 Å². The SMILES string of the molecule is C[Si](C)(C)CCc1ccccc1NC(=O)c1sccc1I. The van der Waals surface area contributed by atoms with Gasteiger partial charge < -0.3 is 5.32 Å². The topological polar surface area (TPSA) is 29.1 Å². The lowest BCUT2D eigenvalue weighted by Crippen LogP contribution is -2.20. The van der Waals surface area contributed by atoms with E-state index in [2.05, 4.69) is 53.6 Å². The van der Waals surface area contributed by atoms with Crippen molar-refractivity contribution in [3.63, 3.8) is 0 Å². The fraction of sp³-hybridized carbons (Fsp3) is 0.312. The quantitative estimate of drug-likeness (QED) is 0.495. The lowest BCUT2D eigenvalue weighted by Gasteiger charge is -2.17. The van der Waals surface area contributed by atoms with Crippen LogP contribution in [0.25, 0.3) is 0 Å². The van der Waals surface area contributed by atoms with E-state index in [-0.39, 0.29) is 5.91 Å². The summed E-state index contributed by atoms with van der Waals surface area (Å²) in [6, 6.07) is 11.3. The minimum Gasteiger partial charge on any atom is -0.321 e. The molecule has 0 aliphatic heterocycles. The zero-order valence-electron chi connectivity index (χ0n) is 12.6. The number of aryl methyl sites for hydroxylation is 1. The van der Waals surface area contributed by atoms with Crippen molar-refractivity contribution in [1.82, 2.24) is 0 Å². The lowest BCUT2D eigenvalue weighted by molar-refractivity contribution is 0.102. The fourth-order valence-electron chi connectivity index (χ4n) is 2.00. The molecule has 1 N–H and O–H groups in total. The van der Waals surface area contributed by atoms with E-state index in [1.165, 1.54) is 22.9 Å². The molecular formula is C16H20INOSSi. The van der Waals surface area contributed by atoms with Gasteiger partial charge in [0.25, 0.3) is 5.91 Å². The second kappa shape index (κ2) is 7.06. The molecule has 0 spiro atoms. The molecule has 1 amide bonds. The molecule has 2 nitrogen and oxygen atoms in total. The Hall–Kier alpha value is -0.663. The normalized spacial score (nSPS) is 11.4. The molecule has 1 heterocycles. The van der Waals surface area contributed by atoms with E-state index in [0.717, 1.165) is 20.6 Å². The van der Waals surface area contributed by atoms with Gasteiger partial charge in [-0.15, -0.1) is 11.3 Å². The third-order valence-corrected chi connectivity index (χ3v) is 7.16. The average Bonchev–Trinajstić information content (AvgIpc) is 2.83. The van der Waals surface area contributed by atoms with Crippen molar-refractivity contribution < 1.29 is 4.79 Å². The van der Waals surface area contributed by atoms with Crippen molar-refractivity contribution in [2.45, 2.75) is 32.1 Å². The number of rotatable bonds is 5. The minimum atomic E-state index is -1.08. The fourth-order valence-corrected chi connectivity index (χ4v) is 4.75. The van der Waals surface area contributed by atoms with Gasteiger partial charge in [-0.2, -0.15) is 0 Å². The van der Waals surface area contributed by atoms with E-state index in [1.54, 1.807) is 0 Å². The van der Waals surface area contributed by atoms with Gasteiger partial charge in [-0.1, -0.05) is 43.9 Å². The summed E-state index contributed by atoms with van der Waals surface area (Å²) in [5.74, 6) is -0.00477. The number of halogens is 1. The van der Waals surface area contributed by atoms with Crippen LogP contribution in [-0.2, 0) is 6.42 Å². The highest BCUT2D eigenvalue weighted by Crippen LogP contribution is 2.24. The number of anilines is 1. The molecule has 0 unspecified atom stereocenters. The zero-order valence-corrected chi connectivity index (χ0v) is 16.5. The van der Waals surface area contributed by atoms with Gasteiger partial charge in [-0.25, -0.2) is 0 Å². The highest BCUT2D eigenvalue weighted by Gasteiger charge is 2.16. The number of amides is 1. The average molecular weight is 429 g/mol. The van der Waals surface area contributed by atoms with Crippen LogP contribution in [0.1, 0.15) is 15.2 Å². The van der Waals surface area contributed by atoms with Crippen LogP contribution in [0.3, 0.4) is 0 Å². The van der Waals surface area contributed by atoms with Crippen LogP contribution >= 0.6 is 33.9 Å². The number of thiophene rings is 1. The van der Waals surface area contributed by atoms with E-state index in [0.29, 0.717) is 0 Å². The highest BCUT2D eigenvalue weighted by atomic mass is 127. The first-order chi connectivity index (χ1) is 9.87. The third-order valence-electron chi connectivity index (χ3n) is 3.23. The molecular weight excluding hydrogens is 409 g/mol. The predicted octanol–water partition coefficient (Wildman–Crippen LogP) is 5.49. The van der Waals surface area contributed by atoms with Crippen molar-refractivity contribution in [3.8, 4) is 0 Å². The van der Waals surface area contributed by atoms with Crippen LogP contribution in [-0.4, -0.2) is 14.0 Å². The van der Waals surface area contributed by atoms with Gasteiger partial charge >= 0.3 is 0 Å². The van der Waals surface area contributed by atoms with Crippen LogP contribution in [0.2, 0.25) is 25.7 Å². The number of para-hydroxylation sites is 1. The molecule has 1 aromatic carbocycles. The first-order valence-corrected chi connectivity index (χ1v) is 12.7. The van der Waals surface area contributed by atoms with Crippen LogP contribution in [0.4, 0.5) is 5.69 Å². The van der Waals surface area contributed by atoms with E-state index < -0.39 is 8.07 Å². The summed E-state index contributed by atoms with van der Waals surface area (Å²) < 4.78 is 1.01. The van der Waals surface area contributed by atoms with Crippen LogP contribution < -0.4 is 5.32 Å². The molecule has 1 aromatic heterocycles. The van der Waals surface area contributed by atoms with Crippen molar-refractivity contribution in [1.29, 1.82) is 0 Å². The Morgan fingerprint density at radius 3 is 2.57 bits per heavy atom. The standard InChI is InChI=1S/C16H20INOSSi/c1-21(2,3)11-9-12-6-4-5-7-14(12)18-16(19)15-13(17)8-10-20-15/h4-8,10H,9,11H2,1-3H3,(H,18,19).